The van der Waals surface area contributed by atoms with Gasteiger partial charge >= 0.3 is 7.60 Å². The average Bonchev–Trinajstić information content (AvgIpc) is 2.26. The summed E-state index contributed by atoms with van der Waals surface area (Å²) in [5.41, 5.74) is 2.22. The monoisotopic (exact) mass is 232 g/mol. The van der Waals surface area contributed by atoms with Crippen molar-refractivity contribution in [3.8, 4) is 0 Å². The van der Waals surface area contributed by atoms with E-state index in [1.165, 1.54) is 5.70 Å². The van der Waals surface area contributed by atoms with Crippen molar-refractivity contribution in [2.24, 2.45) is 0 Å². The van der Waals surface area contributed by atoms with Crippen LogP contribution in [0, 0.1) is 0 Å². The Hall–Kier alpha value is -0.510. The first kappa shape index (κ1) is 11.0. The number of nitrogens with one attached hydrogen (secondary N) is 1. The minimum Gasteiger partial charge on any atom is -0.387 e. The highest BCUT2D eigenvalue weighted by Crippen LogP contribution is 2.45. The largest absolute Gasteiger partial charge is 0.387 e. The van der Waals surface area contributed by atoms with Gasteiger partial charge in [-0.05, 0) is 19.3 Å². The van der Waals surface area contributed by atoms with Crippen LogP contribution in [0.25, 0.3) is 0 Å². The summed E-state index contributed by atoms with van der Waals surface area (Å²) >= 11 is 0. The molecule has 1 atom stereocenters. The molecule has 1 unspecified atom stereocenters. The lowest BCUT2D eigenvalue weighted by molar-refractivity contribution is -0.0387. The number of nitrogens with zero attached hydrogens (tertiary/aromatic N) is 1. The molecule has 0 bridgehead atoms. The molecule has 0 spiro atoms. The van der Waals surface area contributed by atoms with E-state index in [-0.39, 0.29) is 6.16 Å². The van der Waals surface area contributed by atoms with Gasteiger partial charge in [0.1, 0.15) is 0 Å². The first-order valence-electron chi connectivity index (χ1n) is 5.37. The zero-order chi connectivity index (χ0) is 10.9. The van der Waals surface area contributed by atoms with E-state index in [2.05, 4.69) is 5.32 Å². The number of hydrogen-bond acceptors (Lipinski definition) is 4. The molecule has 2 N–H and O–H groups in total. The van der Waals surface area contributed by atoms with Crippen molar-refractivity contribution < 1.29 is 14.1 Å². The molecule has 1 aliphatic carbocycles. The highest BCUT2D eigenvalue weighted by atomic mass is 31.2. The number of allylic oxidation sites excluding steroid dienone is 2. The Morgan fingerprint density at radius 1 is 1.60 bits per heavy atom. The van der Waals surface area contributed by atoms with Crippen LogP contribution in [0.15, 0.2) is 11.4 Å². The van der Waals surface area contributed by atoms with Crippen molar-refractivity contribution in [2.45, 2.75) is 26.2 Å². The van der Waals surface area contributed by atoms with Gasteiger partial charge in [-0.2, -0.15) is 4.62 Å². The topological polar surface area (TPSA) is 61.8 Å². The minimum absolute atomic E-state index is 0.152. The number of hydroxylamine groups is 2. The number of hydrogen-bond donors (Lipinski definition) is 2. The predicted molar refractivity (Wildman–Crippen MR) is 57.0 cm³/mol. The Morgan fingerprint density at radius 2 is 2.40 bits per heavy atom. The SMILES string of the molecule is CCP(=O)(O)ON1CCCNC2=C1CC2. The standard InChI is InChI=1S/C9H17N2O3P/c1-2-15(12,13)14-11-7-3-6-10-8-4-5-9(8)11/h10H,2-7H2,1H3,(H,12,13). The van der Waals surface area contributed by atoms with Gasteiger partial charge in [0, 0.05) is 24.9 Å². The molecule has 1 heterocycles. The second-order valence-corrected chi connectivity index (χ2v) is 5.91. The fourth-order valence-electron chi connectivity index (χ4n) is 1.73. The Bertz CT molecular complexity index is 329. The maximum absolute atomic E-state index is 11.5. The summed E-state index contributed by atoms with van der Waals surface area (Å²) in [4.78, 5) is 9.44. The normalized spacial score (nSPS) is 24.8. The van der Waals surface area contributed by atoms with Crippen molar-refractivity contribution in [2.75, 3.05) is 19.3 Å². The van der Waals surface area contributed by atoms with Crippen molar-refractivity contribution in [3.05, 3.63) is 11.4 Å². The lowest BCUT2D eigenvalue weighted by Gasteiger charge is -2.32. The minimum atomic E-state index is -3.43. The van der Waals surface area contributed by atoms with Crippen molar-refractivity contribution >= 4 is 7.60 Å². The van der Waals surface area contributed by atoms with E-state index < -0.39 is 7.60 Å². The van der Waals surface area contributed by atoms with E-state index in [0.717, 1.165) is 31.5 Å². The fourth-order valence-corrected chi connectivity index (χ4v) is 2.33. The van der Waals surface area contributed by atoms with E-state index in [1.54, 1.807) is 12.0 Å². The van der Waals surface area contributed by atoms with Crippen LogP contribution in [0.3, 0.4) is 0 Å². The molecule has 1 aliphatic heterocycles. The maximum atomic E-state index is 11.5. The highest BCUT2D eigenvalue weighted by molar-refractivity contribution is 7.52. The van der Waals surface area contributed by atoms with Gasteiger partial charge in [-0.3, -0.25) is 4.57 Å². The van der Waals surface area contributed by atoms with Crippen LogP contribution in [0.4, 0.5) is 0 Å². The zero-order valence-corrected chi connectivity index (χ0v) is 9.80. The summed E-state index contributed by atoms with van der Waals surface area (Å²) in [7, 11) is -3.43. The van der Waals surface area contributed by atoms with Gasteiger partial charge in [0.15, 0.2) is 0 Å². The molecule has 0 aromatic heterocycles. The average molecular weight is 232 g/mol. The molecule has 2 rings (SSSR count). The molecule has 0 saturated heterocycles. The van der Waals surface area contributed by atoms with Crippen molar-refractivity contribution in [3.63, 3.8) is 0 Å². The zero-order valence-electron chi connectivity index (χ0n) is 8.90. The smallest absolute Gasteiger partial charge is 0.349 e. The van der Waals surface area contributed by atoms with Gasteiger partial charge in [0.25, 0.3) is 0 Å². The third-order valence-corrected chi connectivity index (χ3v) is 4.01. The van der Waals surface area contributed by atoms with Crippen LogP contribution in [-0.2, 0) is 9.19 Å². The van der Waals surface area contributed by atoms with Gasteiger partial charge < -0.3 is 10.2 Å². The summed E-state index contributed by atoms with van der Waals surface area (Å²) in [5.74, 6) is 0. The Kier molecular flexibility index (Phi) is 3.05. The predicted octanol–water partition coefficient (Wildman–Crippen LogP) is 1.42. The molecule has 0 aromatic rings. The van der Waals surface area contributed by atoms with Crippen molar-refractivity contribution in [1.82, 2.24) is 10.4 Å². The summed E-state index contributed by atoms with van der Waals surface area (Å²) in [6.45, 7) is 3.27. The van der Waals surface area contributed by atoms with Gasteiger partial charge in [-0.25, -0.2) is 5.06 Å². The van der Waals surface area contributed by atoms with Crippen LogP contribution in [-0.4, -0.2) is 29.2 Å². The van der Waals surface area contributed by atoms with Gasteiger partial charge in [-0.1, -0.05) is 6.92 Å². The van der Waals surface area contributed by atoms with Crippen LogP contribution < -0.4 is 5.32 Å². The second-order valence-electron chi connectivity index (χ2n) is 3.84. The quantitative estimate of drug-likeness (QED) is 0.721. The van der Waals surface area contributed by atoms with Crippen LogP contribution in [0.5, 0.6) is 0 Å². The molecule has 0 saturated carbocycles. The third kappa shape index (κ3) is 2.36. The molecule has 0 aromatic carbocycles. The number of rotatable bonds is 3. The molecular formula is C9H17N2O3P. The van der Waals surface area contributed by atoms with E-state index in [1.807, 2.05) is 0 Å². The van der Waals surface area contributed by atoms with E-state index >= 15 is 0 Å². The molecule has 86 valence electrons. The van der Waals surface area contributed by atoms with Gasteiger partial charge in [0.05, 0.1) is 5.70 Å². The van der Waals surface area contributed by atoms with E-state index in [4.69, 9.17) is 4.62 Å². The van der Waals surface area contributed by atoms with Crippen LogP contribution in [0.2, 0.25) is 0 Å². The van der Waals surface area contributed by atoms with E-state index in [0.29, 0.717) is 6.54 Å². The molecular weight excluding hydrogens is 215 g/mol. The van der Waals surface area contributed by atoms with E-state index in [9.17, 15) is 9.46 Å². The molecule has 15 heavy (non-hydrogen) atoms. The first-order valence-corrected chi connectivity index (χ1v) is 7.13. The fraction of sp³-hybridized carbons (Fsp3) is 0.778. The molecule has 0 amide bonds. The van der Waals surface area contributed by atoms with Gasteiger partial charge in [0.2, 0.25) is 0 Å². The highest BCUT2D eigenvalue weighted by Gasteiger charge is 2.30. The molecule has 2 aliphatic rings. The summed E-state index contributed by atoms with van der Waals surface area (Å²) < 4.78 is 16.7. The Balaban J connectivity index is 2.07. The van der Waals surface area contributed by atoms with Crippen LogP contribution in [0.1, 0.15) is 26.2 Å². The first-order chi connectivity index (χ1) is 7.12. The molecule has 6 heteroatoms. The summed E-state index contributed by atoms with van der Waals surface area (Å²) in [5, 5.41) is 4.92. The third-order valence-electron chi connectivity index (χ3n) is 2.76. The Labute approximate surface area is 89.6 Å². The molecule has 0 fully saturated rings. The molecule has 5 nitrogen and oxygen atoms in total. The van der Waals surface area contributed by atoms with Gasteiger partial charge in [-0.15, -0.1) is 0 Å². The summed E-state index contributed by atoms with van der Waals surface area (Å²) in [6.07, 6.45) is 3.04. The van der Waals surface area contributed by atoms with Crippen LogP contribution >= 0.6 is 7.60 Å². The lowest BCUT2D eigenvalue weighted by atomic mass is 10.0. The molecule has 0 radical (unpaired) electrons. The summed E-state index contributed by atoms with van der Waals surface area (Å²) in [6, 6.07) is 0. The maximum Gasteiger partial charge on any atom is 0.349 e. The lowest BCUT2D eigenvalue weighted by Crippen LogP contribution is -2.29. The van der Waals surface area contributed by atoms with Crippen molar-refractivity contribution in [1.29, 1.82) is 0 Å². The Morgan fingerprint density at radius 3 is 3.00 bits per heavy atom. The second kappa shape index (κ2) is 4.16.